The molecule has 0 spiro atoms. The Bertz CT molecular complexity index is 486. The van der Waals surface area contributed by atoms with Crippen molar-refractivity contribution in [3.05, 3.63) is 29.8 Å². The number of rotatable bonds is 1. The first-order valence-corrected chi connectivity index (χ1v) is 6.49. The van der Waals surface area contributed by atoms with E-state index in [9.17, 15) is 12.8 Å². The third-order valence-electron chi connectivity index (χ3n) is 2.70. The van der Waals surface area contributed by atoms with Gasteiger partial charge in [-0.3, -0.25) is 0 Å². The van der Waals surface area contributed by atoms with Gasteiger partial charge in [0.25, 0.3) is 0 Å². The molecule has 1 aliphatic heterocycles. The summed E-state index contributed by atoms with van der Waals surface area (Å²) in [6.07, 6.45) is 0.00352. The van der Waals surface area contributed by atoms with E-state index in [0.29, 0.717) is 11.3 Å². The molecule has 0 amide bonds. The summed E-state index contributed by atoms with van der Waals surface area (Å²) in [7, 11) is -3.25. The second-order valence-corrected chi connectivity index (χ2v) is 6.08. The Kier molecular flexibility index (Phi) is 2.22. The summed E-state index contributed by atoms with van der Waals surface area (Å²) in [5, 5.41) is 0. The number of sulfone groups is 1. The van der Waals surface area contributed by atoms with Crippen LogP contribution in [0.3, 0.4) is 0 Å². The normalized spacial score (nSPS) is 29.1. The average molecular weight is 229 g/mol. The van der Waals surface area contributed by atoms with Crippen LogP contribution >= 0.6 is 0 Å². The molecule has 1 fully saturated rings. The van der Waals surface area contributed by atoms with Gasteiger partial charge in [0.05, 0.1) is 11.5 Å². The minimum Gasteiger partial charge on any atom is -0.398 e. The zero-order valence-electron chi connectivity index (χ0n) is 8.11. The van der Waals surface area contributed by atoms with Crippen LogP contribution in [0.25, 0.3) is 0 Å². The highest BCUT2D eigenvalue weighted by Crippen LogP contribution is 2.39. The van der Waals surface area contributed by atoms with Crippen LogP contribution in [-0.4, -0.2) is 19.9 Å². The Morgan fingerprint density at radius 1 is 1.33 bits per heavy atom. The average Bonchev–Trinajstić information content (AvgIpc) is 2.42. The maximum absolute atomic E-state index is 14.3. The van der Waals surface area contributed by atoms with Gasteiger partial charge in [0.15, 0.2) is 15.5 Å². The molecule has 5 heteroatoms. The van der Waals surface area contributed by atoms with Gasteiger partial charge in [0, 0.05) is 17.7 Å². The predicted octanol–water partition coefficient (Wildman–Crippen LogP) is 1.25. The Balaban J connectivity index is 2.44. The van der Waals surface area contributed by atoms with Gasteiger partial charge < -0.3 is 5.73 Å². The fourth-order valence-electron chi connectivity index (χ4n) is 1.93. The smallest absolute Gasteiger partial charge is 0.153 e. The standard InChI is InChI=1S/C10H12FNO2S/c11-10(5-6-15(13,14)7-10)8-3-1-2-4-9(8)12/h1-4H,5-7,12H2. The van der Waals surface area contributed by atoms with E-state index in [-0.39, 0.29) is 12.2 Å². The molecule has 3 nitrogen and oxygen atoms in total. The van der Waals surface area contributed by atoms with Crippen molar-refractivity contribution in [3.8, 4) is 0 Å². The van der Waals surface area contributed by atoms with Crippen molar-refractivity contribution in [2.45, 2.75) is 12.1 Å². The molecule has 2 N–H and O–H groups in total. The summed E-state index contributed by atoms with van der Waals surface area (Å²) in [5.41, 5.74) is 4.45. The van der Waals surface area contributed by atoms with Crippen LogP contribution in [0.2, 0.25) is 0 Å². The Morgan fingerprint density at radius 2 is 2.00 bits per heavy atom. The van der Waals surface area contributed by atoms with Gasteiger partial charge in [0.2, 0.25) is 0 Å². The number of nitrogens with two attached hydrogens (primary N) is 1. The van der Waals surface area contributed by atoms with E-state index in [2.05, 4.69) is 0 Å². The summed E-state index contributed by atoms with van der Waals surface area (Å²) in [6, 6.07) is 6.50. The van der Waals surface area contributed by atoms with Crippen LogP contribution in [0.15, 0.2) is 24.3 Å². The van der Waals surface area contributed by atoms with Crippen molar-refractivity contribution in [1.82, 2.24) is 0 Å². The Labute approximate surface area is 88.0 Å². The fraction of sp³-hybridized carbons (Fsp3) is 0.400. The van der Waals surface area contributed by atoms with Crippen LogP contribution in [0.5, 0.6) is 0 Å². The molecule has 1 atom stereocenters. The van der Waals surface area contributed by atoms with E-state index in [1.54, 1.807) is 24.3 Å². The number of para-hydroxylation sites is 1. The maximum atomic E-state index is 14.3. The third-order valence-corrected chi connectivity index (χ3v) is 4.43. The molecule has 1 aromatic carbocycles. The van der Waals surface area contributed by atoms with Crippen LogP contribution in [0.4, 0.5) is 10.1 Å². The van der Waals surface area contributed by atoms with Gasteiger partial charge in [-0.2, -0.15) is 0 Å². The molecule has 1 heterocycles. The van der Waals surface area contributed by atoms with Crippen molar-refractivity contribution in [2.75, 3.05) is 17.2 Å². The third kappa shape index (κ3) is 1.84. The highest BCUT2D eigenvalue weighted by Gasteiger charge is 2.44. The zero-order valence-corrected chi connectivity index (χ0v) is 8.93. The molecular weight excluding hydrogens is 217 g/mol. The van der Waals surface area contributed by atoms with Crippen LogP contribution in [0.1, 0.15) is 12.0 Å². The lowest BCUT2D eigenvalue weighted by molar-refractivity contribution is 0.203. The predicted molar refractivity (Wildman–Crippen MR) is 56.9 cm³/mol. The monoisotopic (exact) mass is 229 g/mol. The van der Waals surface area contributed by atoms with Gasteiger partial charge in [0.1, 0.15) is 0 Å². The molecule has 1 aliphatic rings. The molecule has 1 aromatic rings. The van der Waals surface area contributed by atoms with Gasteiger partial charge in [-0.1, -0.05) is 18.2 Å². The number of nitrogen functional groups attached to an aromatic ring is 1. The van der Waals surface area contributed by atoms with Crippen LogP contribution in [-0.2, 0) is 15.5 Å². The maximum Gasteiger partial charge on any atom is 0.153 e. The second-order valence-electron chi connectivity index (χ2n) is 3.89. The molecule has 0 aromatic heterocycles. The molecular formula is C10H12FNO2S. The van der Waals surface area contributed by atoms with Gasteiger partial charge in [-0.25, -0.2) is 12.8 Å². The van der Waals surface area contributed by atoms with Gasteiger partial charge in [-0.05, 0) is 6.07 Å². The van der Waals surface area contributed by atoms with Crippen LogP contribution < -0.4 is 5.73 Å². The van der Waals surface area contributed by atoms with Crippen molar-refractivity contribution >= 4 is 15.5 Å². The first-order valence-electron chi connectivity index (χ1n) is 4.67. The van der Waals surface area contributed by atoms with E-state index in [1.165, 1.54) is 0 Å². The van der Waals surface area contributed by atoms with Crippen molar-refractivity contribution < 1.29 is 12.8 Å². The molecule has 1 unspecified atom stereocenters. The highest BCUT2D eigenvalue weighted by atomic mass is 32.2. The SMILES string of the molecule is Nc1ccccc1C1(F)CCS(=O)(=O)C1. The van der Waals surface area contributed by atoms with Crippen molar-refractivity contribution in [1.29, 1.82) is 0 Å². The minimum absolute atomic E-state index is 0.00352. The van der Waals surface area contributed by atoms with E-state index in [0.717, 1.165) is 0 Å². The van der Waals surface area contributed by atoms with Gasteiger partial charge in [-0.15, -0.1) is 0 Å². The highest BCUT2D eigenvalue weighted by molar-refractivity contribution is 7.91. The Hall–Kier alpha value is -1.10. The fourth-order valence-corrected chi connectivity index (χ4v) is 3.70. The van der Waals surface area contributed by atoms with E-state index in [1.807, 2.05) is 0 Å². The van der Waals surface area contributed by atoms with Crippen LogP contribution in [0, 0.1) is 0 Å². The summed E-state index contributed by atoms with van der Waals surface area (Å²) in [4.78, 5) is 0. The lowest BCUT2D eigenvalue weighted by atomic mass is 9.94. The molecule has 15 heavy (non-hydrogen) atoms. The first kappa shape index (κ1) is 10.4. The van der Waals surface area contributed by atoms with E-state index in [4.69, 9.17) is 5.73 Å². The zero-order chi connectivity index (χ0) is 11.1. The number of hydrogen-bond acceptors (Lipinski definition) is 3. The summed E-state index contributed by atoms with van der Waals surface area (Å²) >= 11 is 0. The lowest BCUT2D eigenvalue weighted by Gasteiger charge is -2.19. The number of anilines is 1. The van der Waals surface area contributed by atoms with E-state index >= 15 is 0 Å². The van der Waals surface area contributed by atoms with Crippen molar-refractivity contribution in [2.24, 2.45) is 0 Å². The minimum atomic E-state index is -3.25. The number of alkyl halides is 1. The largest absolute Gasteiger partial charge is 0.398 e. The second kappa shape index (κ2) is 3.20. The molecule has 0 bridgehead atoms. The number of halogens is 1. The number of hydrogen-bond donors (Lipinski definition) is 1. The summed E-state index contributed by atoms with van der Waals surface area (Å²) in [5.74, 6) is -0.550. The topological polar surface area (TPSA) is 60.2 Å². The quantitative estimate of drug-likeness (QED) is 0.737. The molecule has 1 saturated heterocycles. The van der Waals surface area contributed by atoms with Crippen molar-refractivity contribution in [3.63, 3.8) is 0 Å². The lowest BCUT2D eigenvalue weighted by Crippen LogP contribution is -2.22. The van der Waals surface area contributed by atoms with E-state index < -0.39 is 21.3 Å². The molecule has 0 aliphatic carbocycles. The number of benzene rings is 1. The first-order chi connectivity index (χ1) is 6.93. The molecule has 0 saturated carbocycles. The summed E-state index contributed by atoms with van der Waals surface area (Å²) in [6.45, 7) is 0. The molecule has 2 rings (SSSR count). The summed E-state index contributed by atoms with van der Waals surface area (Å²) < 4.78 is 36.8. The molecule has 82 valence electrons. The Morgan fingerprint density at radius 3 is 2.53 bits per heavy atom. The molecule has 0 radical (unpaired) electrons. The van der Waals surface area contributed by atoms with Gasteiger partial charge >= 0.3 is 0 Å².